The third kappa shape index (κ3) is 2.63. The molecule has 1 rings (SSSR count). The van der Waals surface area contributed by atoms with Gasteiger partial charge in [0, 0.05) is 6.04 Å². The average molecular weight is 101 g/mol. The SMILES string of the molecule is CC.CC1CCN1. The third-order valence-electron chi connectivity index (χ3n) is 1.07. The van der Waals surface area contributed by atoms with Crippen molar-refractivity contribution in [3.05, 3.63) is 0 Å². The van der Waals surface area contributed by atoms with Gasteiger partial charge >= 0.3 is 0 Å². The second-order valence-electron chi connectivity index (χ2n) is 1.64. The summed E-state index contributed by atoms with van der Waals surface area (Å²) in [4.78, 5) is 0. The molecular weight excluding hydrogens is 86.1 g/mol. The lowest BCUT2D eigenvalue weighted by molar-refractivity contribution is 0.399. The van der Waals surface area contributed by atoms with Gasteiger partial charge in [-0.2, -0.15) is 0 Å². The lowest BCUT2D eigenvalue weighted by Crippen LogP contribution is -2.39. The molecule has 1 saturated heterocycles. The van der Waals surface area contributed by atoms with Crippen LogP contribution in [0.4, 0.5) is 0 Å². The minimum Gasteiger partial charge on any atom is -0.314 e. The molecule has 0 aromatic carbocycles. The molecule has 0 aromatic rings. The lowest BCUT2D eigenvalue weighted by Gasteiger charge is -2.22. The molecular formula is C6H15N. The third-order valence-corrected chi connectivity index (χ3v) is 1.07. The molecule has 1 aliphatic heterocycles. The van der Waals surface area contributed by atoms with E-state index < -0.39 is 0 Å². The number of nitrogens with one attached hydrogen (secondary N) is 1. The summed E-state index contributed by atoms with van der Waals surface area (Å²) >= 11 is 0. The topological polar surface area (TPSA) is 12.0 Å². The van der Waals surface area contributed by atoms with Gasteiger partial charge in [0.15, 0.2) is 0 Å². The zero-order chi connectivity index (χ0) is 5.70. The molecule has 0 bridgehead atoms. The first-order chi connectivity index (χ1) is 3.39. The molecule has 0 aliphatic carbocycles. The first-order valence-electron chi connectivity index (χ1n) is 3.13. The summed E-state index contributed by atoms with van der Waals surface area (Å²) in [6, 6.07) is 0.815. The molecule has 1 heteroatoms. The van der Waals surface area contributed by atoms with Crippen LogP contribution >= 0.6 is 0 Å². The second-order valence-corrected chi connectivity index (χ2v) is 1.64. The van der Waals surface area contributed by atoms with E-state index in [1.165, 1.54) is 13.0 Å². The highest BCUT2D eigenvalue weighted by atomic mass is 15.0. The molecule has 0 spiro atoms. The molecule has 44 valence electrons. The van der Waals surface area contributed by atoms with Crippen molar-refractivity contribution in [2.75, 3.05) is 6.54 Å². The van der Waals surface area contributed by atoms with Crippen LogP contribution in [0.15, 0.2) is 0 Å². The molecule has 1 N–H and O–H groups in total. The van der Waals surface area contributed by atoms with Crippen LogP contribution < -0.4 is 5.32 Å². The maximum absolute atomic E-state index is 3.21. The summed E-state index contributed by atoms with van der Waals surface area (Å²) in [6.07, 6.45) is 1.38. The van der Waals surface area contributed by atoms with E-state index in [1.807, 2.05) is 13.8 Å². The first kappa shape index (κ1) is 6.96. The fourth-order valence-electron chi connectivity index (χ4n) is 0.433. The van der Waals surface area contributed by atoms with Crippen LogP contribution in [0.5, 0.6) is 0 Å². The minimum absolute atomic E-state index is 0.815. The fourth-order valence-corrected chi connectivity index (χ4v) is 0.433. The van der Waals surface area contributed by atoms with E-state index in [1.54, 1.807) is 0 Å². The largest absolute Gasteiger partial charge is 0.314 e. The maximum atomic E-state index is 3.21. The van der Waals surface area contributed by atoms with Crippen LogP contribution in [-0.4, -0.2) is 12.6 Å². The molecule has 0 saturated carbocycles. The Morgan fingerprint density at radius 1 is 1.43 bits per heavy atom. The molecule has 1 aliphatic rings. The van der Waals surface area contributed by atoms with Gasteiger partial charge < -0.3 is 5.32 Å². The van der Waals surface area contributed by atoms with E-state index in [4.69, 9.17) is 0 Å². The molecule has 1 unspecified atom stereocenters. The Morgan fingerprint density at radius 3 is 1.71 bits per heavy atom. The van der Waals surface area contributed by atoms with Gasteiger partial charge in [-0.15, -0.1) is 0 Å². The number of hydrogen-bond donors (Lipinski definition) is 1. The monoisotopic (exact) mass is 101 g/mol. The van der Waals surface area contributed by atoms with Gasteiger partial charge in [0.1, 0.15) is 0 Å². The Bertz CT molecular complexity index is 31.2. The fraction of sp³-hybridized carbons (Fsp3) is 1.00. The van der Waals surface area contributed by atoms with Gasteiger partial charge in [0.2, 0.25) is 0 Å². The van der Waals surface area contributed by atoms with Gasteiger partial charge in [-0.25, -0.2) is 0 Å². The van der Waals surface area contributed by atoms with E-state index in [0.29, 0.717) is 0 Å². The molecule has 1 nitrogen and oxygen atoms in total. The summed E-state index contributed by atoms with van der Waals surface area (Å²) in [5.41, 5.74) is 0. The predicted molar refractivity (Wildman–Crippen MR) is 33.4 cm³/mol. The molecule has 0 radical (unpaired) electrons. The van der Waals surface area contributed by atoms with Crippen molar-refractivity contribution in [3.63, 3.8) is 0 Å². The molecule has 0 aromatic heterocycles. The Morgan fingerprint density at radius 2 is 1.71 bits per heavy atom. The highest BCUT2D eigenvalue weighted by Crippen LogP contribution is 1.96. The molecule has 1 heterocycles. The van der Waals surface area contributed by atoms with E-state index in [0.717, 1.165) is 6.04 Å². The van der Waals surface area contributed by atoms with Crippen molar-refractivity contribution in [1.29, 1.82) is 0 Å². The highest BCUT2D eigenvalue weighted by molar-refractivity contribution is 4.70. The van der Waals surface area contributed by atoms with Crippen LogP contribution in [0.3, 0.4) is 0 Å². The van der Waals surface area contributed by atoms with E-state index in [9.17, 15) is 0 Å². The van der Waals surface area contributed by atoms with Gasteiger partial charge in [-0.3, -0.25) is 0 Å². The molecule has 1 fully saturated rings. The van der Waals surface area contributed by atoms with Crippen molar-refractivity contribution < 1.29 is 0 Å². The first-order valence-corrected chi connectivity index (χ1v) is 3.13. The van der Waals surface area contributed by atoms with Crippen molar-refractivity contribution in [3.8, 4) is 0 Å². The van der Waals surface area contributed by atoms with Crippen molar-refractivity contribution in [2.24, 2.45) is 0 Å². The zero-order valence-electron chi connectivity index (χ0n) is 5.49. The van der Waals surface area contributed by atoms with E-state index in [2.05, 4.69) is 12.2 Å². The van der Waals surface area contributed by atoms with Gasteiger partial charge in [-0.1, -0.05) is 13.8 Å². The summed E-state index contributed by atoms with van der Waals surface area (Å²) in [6.45, 7) is 7.44. The van der Waals surface area contributed by atoms with Crippen LogP contribution in [-0.2, 0) is 0 Å². The Hall–Kier alpha value is -0.0400. The van der Waals surface area contributed by atoms with Crippen LogP contribution in [0.2, 0.25) is 0 Å². The van der Waals surface area contributed by atoms with Crippen LogP contribution in [0.1, 0.15) is 27.2 Å². The van der Waals surface area contributed by atoms with Crippen molar-refractivity contribution >= 4 is 0 Å². The van der Waals surface area contributed by atoms with Gasteiger partial charge in [0.05, 0.1) is 0 Å². The maximum Gasteiger partial charge on any atom is 0.00508 e. The average Bonchev–Trinajstić information content (AvgIpc) is 1.68. The quantitative estimate of drug-likeness (QED) is 0.486. The Kier molecular flexibility index (Phi) is 4.10. The summed E-state index contributed by atoms with van der Waals surface area (Å²) < 4.78 is 0. The lowest BCUT2D eigenvalue weighted by atomic mass is 10.1. The molecule has 7 heavy (non-hydrogen) atoms. The number of hydrogen-bond acceptors (Lipinski definition) is 1. The van der Waals surface area contributed by atoms with Crippen molar-refractivity contribution in [2.45, 2.75) is 33.2 Å². The number of rotatable bonds is 0. The normalized spacial score (nSPS) is 27.0. The minimum atomic E-state index is 0.815. The zero-order valence-corrected chi connectivity index (χ0v) is 5.49. The van der Waals surface area contributed by atoms with Crippen LogP contribution in [0, 0.1) is 0 Å². The predicted octanol–water partition coefficient (Wildman–Crippen LogP) is 1.39. The smallest absolute Gasteiger partial charge is 0.00508 e. The molecule has 0 amide bonds. The van der Waals surface area contributed by atoms with Crippen molar-refractivity contribution in [1.82, 2.24) is 5.32 Å². The summed E-state index contributed by atoms with van der Waals surface area (Å²) in [5, 5.41) is 3.21. The summed E-state index contributed by atoms with van der Waals surface area (Å²) in [7, 11) is 0. The Labute approximate surface area is 46.1 Å². The van der Waals surface area contributed by atoms with Gasteiger partial charge in [-0.05, 0) is 19.9 Å². The highest BCUT2D eigenvalue weighted by Gasteiger charge is 2.07. The van der Waals surface area contributed by atoms with E-state index >= 15 is 0 Å². The summed E-state index contributed by atoms with van der Waals surface area (Å²) in [5.74, 6) is 0. The van der Waals surface area contributed by atoms with E-state index in [-0.39, 0.29) is 0 Å². The second kappa shape index (κ2) is 4.13. The molecule has 1 atom stereocenters. The Balaban J connectivity index is 0.000000162. The van der Waals surface area contributed by atoms with Gasteiger partial charge in [0.25, 0.3) is 0 Å². The van der Waals surface area contributed by atoms with Crippen LogP contribution in [0.25, 0.3) is 0 Å². The standard InChI is InChI=1S/C4H9N.C2H6/c1-4-2-3-5-4;1-2/h4-5H,2-3H2,1H3;1-2H3.